The first kappa shape index (κ1) is 18.6. The molecule has 1 amide bonds. The van der Waals surface area contributed by atoms with Crippen molar-refractivity contribution in [2.75, 3.05) is 6.54 Å². The van der Waals surface area contributed by atoms with E-state index in [-0.39, 0.29) is 24.2 Å². The lowest BCUT2D eigenvalue weighted by Crippen LogP contribution is -2.28. The fourth-order valence-electron chi connectivity index (χ4n) is 2.71. The standard InChI is InChI=1S/C20H22N4O3/c1-13(2)24-19(22-12-23-24)15-3-5-16(6-4-15)20(27)21-11-18(26)14-7-9-17(25)10-8-14/h3-10,12-13,18,25-26H,11H2,1-2H3,(H,21,27). The highest BCUT2D eigenvalue weighted by molar-refractivity contribution is 5.94. The van der Waals surface area contributed by atoms with Crippen LogP contribution >= 0.6 is 0 Å². The van der Waals surface area contributed by atoms with Crippen LogP contribution in [-0.2, 0) is 0 Å². The number of amides is 1. The SMILES string of the molecule is CC(C)n1ncnc1-c1ccc(C(=O)NCC(O)c2ccc(O)cc2)cc1. The summed E-state index contributed by atoms with van der Waals surface area (Å²) in [6, 6.07) is 13.5. The first-order valence-corrected chi connectivity index (χ1v) is 8.71. The predicted octanol–water partition coefficient (Wildman–Crippen LogP) is 2.70. The van der Waals surface area contributed by atoms with Crippen molar-refractivity contribution in [2.45, 2.75) is 26.0 Å². The Labute approximate surface area is 157 Å². The monoisotopic (exact) mass is 366 g/mol. The number of aliphatic hydroxyl groups excluding tert-OH is 1. The van der Waals surface area contributed by atoms with E-state index in [9.17, 15) is 15.0 Å². The van der Waals surface area contributed by atoms with Crippen LogP contribution in [0.25, 0.3) is 11.4 Å². The molecular formula is C20H22N4O3. The zero-order valence-electron chi connectivity index (χ0n) is 15.2. The molecule has 2 aromatic carbocycles. The Kier molecular flexibility index (Phi) is 5.52. The van der Waals surface area contributed by atoms with Gasteiger partial charge in [0, 0.05) is 23.7 Å². The Bertz CT molecular complexity index is 902. The minimum Gasteiger partial charge on any atom is -0.508 e. The number of hydrogen-bond donors (Lipinski definition) is 3. The third kappa shape index (κ3) is 4.32. The lowest BCUT2D eigenvalue weighted by atomic mass is 10.1. The number of aliphatic hydroxyl groups is 1. The zero-order chi connectivity index (χ0) is 19.4. The van der Waals surface area contributed by atoms with Crippen LogP contribution in [0.4, 0.5) is 0 Å². The van der Waals surface area contributed by atoms with Gasteiger partial charge in [-0.05, 0) is 43.7 Å². The summed E-state index contributed by atoms with van der Waals surface area (Å²) in [7, 11) is 0. The molecular weight excluding hydrogens is 344 g/mol. The molecule has 3 aromatic rings. The number of nitrogens with one attached hydrogen (secondary N) is 1. The molecule has 0 bridgehead atoms. The Balaban J connectivity index is 1.63. The third-order valence-electron chi connectivity index (χ3n) is 4.20. The number of phenols is 1. The van der Waals surface area contributed by atoms with Crippen molar-refractivity contribution in [1.82, 2.24) is 20.1 Å². The van der Waals surface area contributed by atoms with Crippen molar-refractivity contribution in [3.8, 4) is 17.1 Å². The second-order valence-corrected chi connectivity index (χ2v) is 6.52. The smallest absolute Gasteiger partial charge is 0.251 e. The molecule has 7 heteroatoms. The first-order chi connectivity index (χ1) is 13.0. The number of benzene rings is 2. The Morgan fingerprint density at radius 1 is 1.11 bits per heavy atom. The van der Waals surface area contributed by atoms with E-state index in [1.54, 1.807) is 24.3 Å². The van der Waals surface area contributed by atoms with Gasteiger partial charge in [0.15, 0.2) is 5.82 Å². The fraction of sp³-hybridized carbons (Fsp3) is 0.250. The summed E-state index contributed by atoms with van der Waals surface area (Å²) in [6.07, 6.45) is 0.666. The maximum atomic E-state index is 12.3. The van der Waals surface area contributed by atoms with Crippen molar-refractivity contribution in [3.63, 3.8) is 0 Å². The number of phenolic OH excluding ortho intramolecular Hbond substituents is 1. The van der Waals surface area contributed by atoms with Crippen LogP contribution in [0, 0.1) is 0 Å². The Hall–Kier alpha value is -3.19. The van der Waals surface area contributed by atoms with Crippen LogP contribution in [0.2, 0.25) is 0 Å². The molecule has 0 aliphatic carbocycles. The fourth-order valence-corrected chi connectivity index (χ4v) is 2.71. The largest absolute Gasteiger partial charge is 0.508 e. The maximum Gasteiger partial charge on any atom is 0.251 e. The normalized spacial score (nSPS) is 12.1. The van der Waals surface area contributed by atoms with Gasteiger partial charge in [-0.3, -0.25) is 4.79 Å². The minimum absolute atomic E-state index is 0.0764. The van der Waals surface area contributed by atoms with Gasteiger partial charge in [-0.2, -0.15) is 5.10 Å². The molecule has 7 nitrogen and oxygen atoms in total. The molecule has 1 unspecified atom stereocenters. The molecule has 0 fully saturated rings. The maximum absolute atomic E-state index is 12.3. The van der Waals surface area contributed by atoms with Crippen molar-refractivity contribution in [3.05, 3.63) is 66.0 Å². The highest BCUT2D eigenvalue weighted by Gasteiger charge is 2.13. The highest BCUT2D eigenvalue weighted by atomic mass is 16.3. The molecule has 0 radical (unpaired) electrons. The van der Waals surface area contributed by atoms with E-state index in [1.807, 2.05) is 30.7 Å². The molecule has 3 rings (SSSR count). The Morgan fingerprint density at radius 2 is 1.78 bits per heavy atom. The molecule has 0 aliphatic heterocycles. The molecule has 0 saturated heterocycles. The van der Waals surface area contributed by atoms with Crippen molar-refractivity contribution in [2.24, 2.45) is 0 Å². The number of aromatic hydroxyl groups is 1. The third-order valence-corrected chi connectivity index (χ3v) is 4.20. The van der Waals surface area contributed by atoms with Gasteiger partial charge in [0.1, 0.15) is 12.1 Å². The number of nitrogens with zero attached hydrogens (tertiary/aromatic N) is 3. The second kappa shape index (κ2) is 8.01. The molecule has 0 saturated carbocycles. The molecule has 140 valence electrons. The number of rotatable bonds is 6. The first-order valence-electron chi connectivity index (χ1n) is 8.71. The van der Waals surface area contributed by atoms with Gasteiger partial charge in [0.2, 0.25) is 0 Å². The summed E-state index contributed by atoms with van der Waals surface area (Å²) in [6.45, 7) is 4.13. The van der Waals surface area contributed by atoms with Crippen LogP contribution in [0.1, 0.15) is 41.9 Å². The van der Waals surface area contributed by atoms with Crippen LogP contribution in [0.5, 0.6) is 5.75 Å². The van der Waals surface area contributed by atoms with E-state index in [0.29, 0.717) is 11.1 Å². The number of carbonyl (C=O) groups excluding carboxylic acids is 1. The van der Waals surface area contributed by atoms with E-state index in [2.05, 4.69) is 15.4 Å². The van der Waals surface area contributed by atoms with E-state index in [1.165, 1.54) is 18.5 Å². The average molecular weight is 366 g/mol. The van der Waals surface area contributed by atoms with Crippen molar-refractivity contribution >= 4 is 5.91 Å². The lowest BCUT2D eigenvalue weighted by Gasteiger charge is -2.13. The number of hydrogen-bond acceptors (Lipinski definition) is 5. The van der Waals surface area contributed by atoms with Gasteiger partial charge in [-0.15, -0.1) is 0 Å². The van der Waals surface area contributed by atoms with Crippen LogP contribution in [0.15, 0.2) is 54.9 Å². The van der Waals surface area contributed by atoms with Crippen molar-refractivity contribution in [1.29, 1.82) is 0 Å². The Morgan fingerprint density at radius 3 is 2.41 bits per heavy atom. The molecule has 1 heterocycles. The number of aromatic nitrogens is 3. The van der Waals surface area contributed by atoms with Gasteiger partial charge >= 0.3 is 0 Å². The summed E-state index contributed by atoms with van der Waals surface area (Å²) < 4.78 is 1.82. The van der Waals surface area contributed by atoms with Crippen LogP contribution in [0.3, 0.4) is 0 Å². The summed E-state index contributed by atoms with van der Waals surface area (Å²) in [4.78, 5) is 16.6. The van der Waals surface area contributed by atoms with E-state index >= 15 is 0 Å². The predicted molar refractivity (Wildman–Crippen MR) is 101 cm³/mol. The van der Waals surface area contributed by atoms with Gasteiger partial charge in [-0.1, -0.05) is 24.3 Å². The molecule has 3 N–H and O–H groups in total. The van der Waals surface area contributed by atoms with Gasteiger partial charge < -0.3 is 15.5 Å². The number of carbonyl (C=O) groups is 1. The molecule has 27 heavy (non-hydrogen) atoms. The van der Waals surface area contributed by atoms with E-state index in [0.717, 1.165) is 11.4 Å². The van der Waals surface area contributed by atoms with Crippen LogP contribution in [-0.4, -0.2) is 37.4 Å². The zero-order valence-corrected chi connectivity index (χ0v) is 15.2. The minimum atomic E-state index is -0.849. The highest BCUT2D eigenvalue weighted by Crippen LogP contribution is 2.20. The topological polar surface area (TPSA) is 100 Å². The van der Waals surface area contributed by atoms with Gasteiger partial charge in [-0.25, -0.2) is 9.67 Å². The van der Waals surface area contributed by atoms with Gasteiger partial charge in [0.25, 0.3) is 5.91 Å². The molecule has 0 aliphatic rings. The summed E-state index contributed by atoms with van der Waals surface area (Å²) in [5.74, 6) is 0.604. The summed E-state index contributed by atoms with van der Waals surface area (Å²) in [5.41, 5.74) is 1.99. The molecule has 1 aromatic heterocycles. The lowest BCUT2D eigenvalue weighted by molar-refractivity contribution is 0.0916. The average Bonchev–Trinajstić information content (AvgIpc) is 3.17. The quantitative estimate of drug-likeness (QED) is 0.623. The van der Waals surface area contributed by atoms with Crippen molar-refractivity contribution < 1.29 is 15.0 Å². The second-order valence-electron chi connectivity index (χ2n) is 6.52. The summed E-state index contributed by atoms with van der Waals surface area (Å²) in [5, 5.41) is 26.4. The van der Waals surface area contributed by atoms with Gasteiger partial charge in [0.05, 0.1) is 6.10 Å². The summed E-state index contributed by atoms with van der Waals surface area (Å²) >= 11 is 0. The van der Waals surface area contributed by atoms with Crippen LogP contribution < -0.4 is 5.32 Å². The molecule has 1 atom stereocenters. The van der Waals surface area contributed by atoms with E-state index < -0.39 is 6.10 Å². The molecule has 0 spiro atoms. The van der Waals surface area contributed by atoms with E-state index in [4.69, 9.17) is 0 Å².